The summed E-state index contributed by atoms with van der Waals surface area (Å²) in [6, 6.07) is 0.173. The van der Waals surface area contributed by atoms with Gasteiger partial charge in [-0.15, -0.1) is 0 Å². The molecule has 2 N–H and O–H groups in total. The van der Waals surface area contributed by atoms with Gasteiger partial charge < -0.3 is 15.2 Å². The molecule has 1 unspecified atom stereocenters. The van der Waals surface area contributed by atoms with E-state index in [9.17, 15) is 0 Å². The van der Waals surface area contributed by atoms with Gasteiger partial charge in [0.1, 0.15) is 0 Å². The third-order valence-electron chi connectivity index (χ3n) is 1.71. The highest BCUT2D eigenvalue weighted by atomic mass is 16.5. The molecule has 1 atom stereocenters. The Morgan fingerprint density at radius 3 is 2.38 bits per heavy atom. The van der Waals surface area contributed by atoms with E-state index in [1.165, 1.54) is 0 Å². The summed E-state index contributed by atoms with van der Waals surface area (Å²) in [4.78, 5) is 0. The lowest BCUT2D eigenvalue weighted by molar-refractivity contribution is -0.00915. The summed E-state index contributed by atoms with van der Waals surface area (Å²) in [7, 11) is 0. The monoisotopic (exact) mass is 189 g/mol. The number of ether oxygens (including phenoxy) is 1. The zero-order chi connectivity index (χ0) is 10.3. The molecule has 3 heteroatoms. The highest BCUT2D eigenvalue weighted by Gasteiger charge is 2.11. The molecule has 0 aromatic carbocycles. The molecule has 80 valence electrons. The standard InChI is InChI=1S/C10H23NO2/c1-5-11-9(8-12)6-7-13-10(2,3)4/h9,11-12H,5-8H2,1-4H3. The molecule has 0 saturated heterocycles. The van der Waals surface area contributed by atoms with Crippen LogP contribution in [0.2, 0.25) is 0 Å². The van der Waals surface area contributed by atoms with E-state index >= 15 is 0 Å². The second-order valence-corrected chi connectivity index (χ2v) is 4.19. The molecule has 0 aromatic rings. The largest absolute Gasteiger partial charge is 0.395 e. The van der Waals surface area contributed by atoms with Crippen LogP contribution in [0.3, 0.4) is 0 Å². The topological polar surface area (TPSA) is 41.5 Å². The average Bonchev–Trinajstić information content (AvgIpc) is 2.01. The van der Waals surface area contributed by atoms with Crippen molar-refractivity contribution >= 4 is 0 Å². The van der Waals surface area contributed by atoms with Crippen LogP contribution in [0.15, 0.2) is 0 Å². The molecule has 0 rings (SSSR count). The fourth-order valence-corrected chi connectivity index (χ4v) is 1.05. The molecule has 0 amide bonds. The van der Waals surface area contributed by atoms with E-state index in [-0.39, 0.29) is 18.2 Å². The fraction of sp³-hybridized carbons (Fsp3) is 1.00. The van der Waals surface area contributed by atoms with E-state index in [0.29, 0.717) is 6.61 Å². The molecule has 0 saturated carbocycles. The number of aliphatic hydroxyl groups is 1. The number of hydrogen-bond donors (Lipinski definition) is 2. The molecule has 0 aliphatic heterocycles. The van der Waals surface area contributed by atoms with E-state index in [2.05, 4.69) is 5.32 Å². The summed E-state index contributed by atoms with van der Waals surface area (Å²) in [5, 5.41) is 12.2. The summed E-state index contributed by atoms with van der Waals surface area (Å²) in [5.74, 6) is 0. The van der Waals surface area contributed by atoms with Crippen molar-refractivity contribution in [3.05, 3.63) is 0 Å². The normalized spacial score (nSPS) is 14.5. The van der Waals surface area contributed by atoms with E-state index in [1.54, 1.807) is 0 Å². The van der Waals surface area contributed by atoms with Crippen LogP contribution in [0.5, 0.6) is 0 Å². The zero-order valence-electron chi connectivity index (χ0n) is 9.26. The van der Waals surface area contributed by atoms with E-state index in [0.717, 1.165) is 13.0 Å². The molecule has 0 fully saturated rings. The van der Waals surface area contributed by atoms with Gasteiger partial charge in [0.25, 0.3) is 0 Å². The van der Waals surface area contributed by atoms with E-state index < -0.39 is 0 Å². The molecule has 0 radical (unpaired) electrons. The Morgan fingerprint density at radius 1 is 1.38 bits per heavy atom. The summed E-state index contributed by atoms with van der Waals surface area (Å²) >= 11 is 0. The Balaban J connectivity index is 3.49. The van der Waals surface area contributed by atoms with Crippen LogP contribution >= 0.6 is 0 Å². The number of nitrogens with one attached hydrogen (secondary N) is 1. The Kier molecular flexibility index (Phi) is 6.29. The first kappa shape index (κ1) is 12.9. The maximum atomic E-state index is 8.97. The maximum absolute atomic E-state index is 8.97. The lowest BCUT2D eigenvalue weighted by Crippen LogP contribution is -2.34. The van der Waals surface area contributed by atoms with Gasteiger partial charge in [-0.05, 0) is 33.7 Å². The summed E-state index contributed by atoms with van der Waals surface area (Å²) < 4.78 is 5.56. The van der Waals surface area contributed by atoms with Crippen LogP contribution in [0.1, 0.15) is 34.1 Å². The Morgan fingerprint density at radius 2 is 2.00 bits per heavy atom. The van der Waals surface area contributed by atoms with Crippen molar-refractivity contribution in [2.24, 2.45) is 0 Å². The van der Waals surface area contributed by atoms with Crippen molar-refractivity contribution in [2.45, 2.75) is 45.8 Å². The molecular weight excluding hydrogens is 166 g/mol. The molecule has 0 spiro atoms. The van der Waals surface area contributed by atoms with E-state index in [1.807, 2.05) is 27.7 Å². The van der Waals surface area contributed by atoms with Gasteiger partial charge >= 0.3 is 0 Å². The van der Waals surface area contributed by atoms with Crippen LogP contribution in [-0.2, 0) is 4.74 Å². The highest BCUT2D eigenvalue weighted by molar-refractivity contribution is 4.65. The lowest BCUT2D eigenvalue weighted by Gasteiger charge is -2.22. The van der Waals surface area contributed by atoms with Crippen LogP contribution in [0.25, 0.3) is 0 Å². The van der Waals surface area contributed by atoms with Gasteiger partial charge in [0.2, 0.25) is 0 Å². The third-order valence-corrected chi connectivity index (χ3v) is 1.71. The van der Waals surface area contributed by atoms with Gasteiger partial charge in [-0.25, -0.2) is 0 Å². The van der Waals surface area contributed by atoms with Crippen molar-refractivity contribution in [3.63, 3.8) is 0 Å². The first-order valence-electron chi connectivity index (χ1n) is 4.97. The summed E-state index contributed by atoms with van der Waals surface area (Å²) in [6.45, 7) is 9.91. The number of hydrogen-bond acceptors (Lipinski definition) is 3. The number of likely N-dealkylation sites (N-methyl/N-ethyl adjacent to an activating group) is 1. The maximum Gasteiger partial charge on any atom is 0.0598 e. The summed E-state index contributed by atoms with van der Waals surface area (Å²) in [5.41, 5.74) is -0.0772. The smallest absolute Gasteiger partial charge is 0.0598 e. The minimum atomic E-state index is -0.0772. The predicted molar refractivity (Wildman–Crippen MR) is 54.9 cm³/mol. The van der Waals surface area contributed by atoms with Crippen molar-refractivity contribution < 1.29 is 9.84 Å². The molecule has 0 bridgehead atoms. The molecule has 13 heavy (non-hydrogen) atoms. The van der Waals surface area contributed by atoms with Crippen LogP contribution in [-0.4, -0.2) is 36.5 Å². The van der Waals surface area contributed by atoms with Gasteiger partial charge in [-0.1, -0.05) is 6.92 Å². The number of aliphatic hydroxyl groups excluding tert-OH is 1. The molecule has 3 nitrogen and oxygen atoms in total. The molecule has 0 aromatic heterocycles. The van der Waals surface area contributed by atoms with Gasteiger partial charge in [0.15, 0.2) is 0 Å². The third kappa shape index (κ3) is 8.22. The van der Waals surface area contributed by atoms with Gasteiger partial charge in [-0.2, -0.15) is 0 Å². The quantitative estimate of drug-likeness (QED) is 0.659. The fourth-order valence-electron chi connectivity index (χ4n) is 1.05. The van der Waals surface area contributed by atoms with Gasteiger partial charge in [0.05, 0.1) is 12.2 Å². The van der Waals surface area contributed by atoms with Crippen LogP contribution in [0, 0.1) is 0 Å². The lowest BCUT2D eigenvalue weighted by atomic mass is 10.2. The van der Waals surface area contributed by atoms with Crippen LogP contribution in [0.4, 0.5) is 0 Å². The predicted octanol–water partition coefficient (Wildman–Crippen LogP) is 1.16. The van der Waals surface area contributed by atoms with Crippen molar-refractivity contribution in [3.8, 4) is 0 Å². The van der Waals surface area contributed by atoms with E-state index in [4.69, 9.17) is 9.84 Å². The minimum absolute atomic E-state index is 0.0772. The van der Waals surface area contributed by atoms with Crippen LogP contribution < -0.4 is 5.32 Å². The van der Waals surface area contributed by atoms with Gasteiger partial charge in [-0.3, -0.25) is 0 Å². The summed E-state index contributed by atoms with van der Waals surface area (Å²) in [6.07, 6.45) is 0.863. The van der Waals surface area contributed by atoms with Gasteiger partial charge in [0, 0.05) is 12.6 Å². The Hall–Kier alpha value is -0.120. The molecule has 0 aliphatic rings. The Labute approximate surface area is 81.5 Å². The molecule has 0 heterocycles. The van der Waals surface area contributed by atoms with Crippen molar-refractivity contribution in [1.82, 2.24) is 5.32 Å². The number of rotatable bonds is 6. The zero-order valence-corrected chi connectivity index (χ0v) is 9.26. The molecular formula is C10H23NO2. The Bertz CT molecular complexity index is 121. The highest BCUT2D eigenvalue weighted by Crippen LogP contribution is 2.07. The minimum Gasteiger partial charge on any atom is -0.395 e. The van der Waals surface area contributed by atoms with Crippen molar-refractivity contribution in [1.29, 1.82) is 0 Å². The first-order valence-corrected chi connectivity index (χ1v) is 4.97. The second kappa shape index (κ2) is 6.35. The SMILES string of the molecule is CCNC(CO)CCOC(C)(C)C. The first-order chi connectivity index (χ1) is 5.99. The second-order valence-electron chi connectivity index (χ2n) is 4.19. The van der Waals surface area contributed by atoms with Crippen molar-refractivity contribution in [2.75, 3.05) is 19.8 Å². The molecule has 0 aliphatic carbocycles. The average molecular weight is 189 g/mol.